The van der Waals surface area contributed by atoms with Crippen molar-refractivity contribution in [2.45, 2.75) is 11.5 Å². The van der Waals surface area contributed by atoms with E-state index in [0.29, 0.717) is 40.9 Å². The first-order valence-electron chi connectivity index (χ1n) is 9.25. The highest BCUT2D eigenvalue weighted by Gasteiger charge is 2.17. The van der Waals surface area contributed by atoms with Gasteiger partial charge < -0.3 is 23.9 Å². The molecule has 158 valence electrons. The van der Waals surface area contributed by atoms with Crippen LogP contribution >= 0.6 is 12.6 Å². The first-order valence-corrected chi connectivity index (χ1v) is 9.70. The highest BCUT2D eigenvalue weighted by atomic mass is 32.1. The molecule has 0 aliphatic carbocycles. The molecule has 0 unspecified atom stereocenters. The quantitative estimate of drug-likeness (QED) is 0.404. The smallest absolute Gasteiger partial charge is 0.257 e. The predicted octanol–water partition coefficient (Wildman–Crippen LogP) is 4.71. The Morgan fingerprint density at radius 2 is 1.90 bits per heavy atom. The highest BCUT2D eigenvalue weighted by molar-refractivity contribution is 7.80. The second-order valence-corrected chi connectivity index (χ2v) is 7.04. The summed E-state index contributed by atoms with van der Waals surface area (Å²) < 4.78 is 22.0. The first kappa shape index (κ1) is 20.7. The Morgan fingerprint density at radius 3 is 2.58 bits per heavy atom. The van der Waals surface area contributed by atoms with Crippen molar-refractivity contribution in [3.05, 3.63) is 66.2 Å². The molecule has 0 atom stereocenters. The largest absolute Gasteiger partial charge is 0.480 e. The zero-order valence-electron chi connectivity index (χ0n) is 16.8. The van der Waals surface area contributed by atoms with Crippen LogP contribution in [0.2, 0.25) is 0 Å². The molecule has 0 fully saturated rings. The van der Waals surface area contributed by atoms with Gasteiger partial charge in [0.1, 0.15) is 29.4 Å². The van der Waals surface area contributed by atoms with E-state index < -0.39 is 0 Å². The lowest BCUT2D eigenvalue weighted by Crippen LogP contribution is -2.13. The Kier molecular flexibility index (Phi) is 6.06. The highest BCUT2D eigenvalue weighted by Crippen LogP contribution is 2.34. The molecule has 31 heavy (non-hydrogen) atoms. The van der Waals surface area contributed by atoms with Crippen molar-refractivity contribution < 1.29 is 23.4 Å². The second-order valence-electron chi connectivity index (χ2n) is 6.53. The lowest BCUT2D eigenvalue weighted by atomic mass is 10.1. The van der Waals surface area contributed by atoms with E-state index in [9.17, 15) is 4.79 Å². The molecule has 0 spiro atoms. The monoisotopic (exact) mass is 437 g/mol. The number of furan rings is 1. The molecule has 4 aromatic rings. The number of carbonyl (C=O) groups excluding carboxylic acids is 1. The van der Waals surface area contributed by atoms with Crippen LogP contribution in [0.15, 0.2) is 64.2 Å². The lowest BCUT2D eigenvalue weighted by molar-refractivity contribution is 0.102. The van der Waals surface area contributed by atoms with E-state index in [4.69, 9.17) is 18.6 Å². The van der Waals surface area contributed by atoms with Gasteiger partial charge in [-0.05, 0) is 42.5 Å². The number of aromatic nitrogens is 2. The van der Waals surface area contributed by atoms with E-state index in [1.807, 2.05) is 18.2 Å². The summed E-state index contributed by atoms with van der Waals surface area (Å²) in [6.07, 6.45) is 2.83. The summed E-state index contributed by atoms with van der Waals surface area (Å²) in [5.74, 6) is 1.95. The van der Waals surface area contributed by atoms with Crippen molar-refractivity contribution in [1.82, 2.24) is 9.97 Å². The number of nitrogens with zero attached hydrogens (tertiary/aromatic N) is 2. The van der Waals surface area contributed by atoms with Gasteiger partial charge in [0.15, 0.2) is 5.82 Å². The van der Waals surface area contributed by atoms with Crippen LogP contribution in [0.4, 0.5) is 5.82 Å². The molecule has 4 rings (SSSR count). The Bertz CT molecular complexity index is 1210. The van der Waals surface area contributed by atoms with Crippen LogP contribution in [0, 0.1) is 0 Å². The molecule has 8 nitrogen and oxygen atoms in total. The molecule has 0 saturated heterocycles. The predicted molar refractivity (Wildman–Crippen MR) is 117 cm³/mol. The minimum atomic E-state index is -0.387. The molecule has 0 radical (unpaired) electrons. The molecular formula is C22H19N3O5S. The van der Waals surface area contributed by atoms with E-state index in [0.717, 1.165) is 10.3 Å². The van der Waals surface area contributed by atoms with Crippen LogP contribution in [-0.4, -0.2) is 30.1 Å². The van der Waals surface area contributed by atoms with Crippen LogP contribution in [-0.2, 0) is 11.3 Å². The van der Waals surface area contributed by atoms with Gasteiger partial charge in [0.25, 0.3) is 5.91 Å². The third kappa shape index (κ3) is 4.79. The minimum absolute atomic E-state index is 0.289. The van der Waals surface area contributed by atoms with Gasteiger partial charge in [-0.1, -0.05) is 0 Å². The fraction of sp³-hybridized carbons (Fsp3) is 0.136. The van der Waals surface area contributed by atoms with Crippen LogP contribution in [0.5, 0.6) is 17.4 Å². The summed E-state index contributed by atoms with van der Waals surface area (Å²) >= 11 is 4.29. The van der Waals surface area contributed by atoms with Crippen LogP contribution < -0.4 is 14.8 Å². The Balaban J connectivity index is 1.68. The average Bonchev–Trinajstić information content (AvgIpc) is 3.19. The zero-order chi connectivity index (χ0) is 21.8. The van der Waals surface area contributed by atoms with E-state index in [2.05, 4.69) is 27.9 Å². The normalized spacial score (nSPS) is 10.8. The topological polar surface area (TPSA) is 95.7 Å². The maximum Gasteiger partial charge on any atom is 0.257 e. The summed E-state index contributed by atoms with van der Waals surface area (Å²) in [7, 11) is 3.07. The lowest BCUT2D eigenvalue weighted by Gasteiger charge is -2.10. The molecule has 2 aromatic heterocycles. The van der Waals surface area contributed by atoms with Crippen LogP contribution in [0.1, 0.15) is 16.1 Å². The summed E-state index contributed by atoms with van der Waals surface area (Å²) in [6.45, 7) is 0.297. The summed E-state index contributed by atoms with van der Waals surface area (Å²) in [6, 6.07) is 12.4. The number of ether oxygens (including phenoxy) is 3. The van der Waals surface area contributed by atoms with Gasteiger partial charge in [-0.2, -0.15) is 0 Å². The Hall–Kier alpha value is -3.56. The number of nitrogens with one attached hydrogen (secondary N) is 1. The zero-order valence-corrected chi connectivity index (χ0v) is 17.7. The summed E-state index contributed by atoms with van der Waals surface area (Å²) in [4.78, 5) is 21.8. The molecule has 0 bridgehead atoms. The number of benzene rings is 2. The third-order valence-corrected chi connectivity index (χ3v) is 4.64. The average molecular weight is 437 g/mol. The maximum absolute atomic E-state index is 12.9. The Labute approximate surface area is 183 Å². The second kappa shape index (κ2) is 9.07. The minimum Gasteiger partial charge on any atom is -0.480 e. The number of carbonyl (C=O) groups is 1. The van der Waals surface area contributed by atoms with Gasteiger partial charge in [-0.25, -0.2) is 9.97 Å². The van der Waals surface area contributed by atoms with Gasteiger partial charge in [0, 0.05) is 17.6 Å². The van der Waals surface area contributed by atoms with Gasteiger partial charge in [-0.15, -0.1) is 12.6 Å². The van der Waals surface area contributed by atoms with Crippen molar-refractivity contribution in [2.24, 2.45) is 0 Å². The van der Waals surface area contributed by atoms with E-state index in [1.165, 1.54) is 19.5 Å². The van der Waals surface area contributed by atoms with Gasteiger partial charge in [-0.3, -0.25) is 4.79 Å². The Morgan fingerprint density at radius 1 is 1.10 bits per heavy atom. The number of methoxy groups -OCH3 is 2. The molecule has 0 aliphatic rings. The molecular weight excluding hydrogens is 418 g/mol. The van der Waals surface area contributed by atoms with Gasteiger partial charge in [0.05, 0.1) is 24.9 Å². The van der Waals surface area contributed by atoms with Gasteiger partial charge in [0.2, 0.25) is 5.88 Å². The fourth-order valence-electron chi connectivity index (χ4n) is 2.90. The molecule has 2 aromatic carbocycles. The van der Waals surface area contributed by atoms with Gasteiger partial charge >= 0.3 is 0 Å². The third-order valence-electron chi connectivity index (χ3n) is 4.34. The number of hydrogen-bond donors (Lipinski definition) is 2. The number of thiol groups is 1. The van der Waals surface area contributed by atoms with Crippen molar-refractivity contribution >= 4 is 35.3 Å². The van der Waals surface area contributed by atoms with Crippen molar-refractivity contribution in [1.29, 1.82) is 0 Å². The van der Waals surface area contributed by atoms with E-state index in [1.54, 1.807) is 31.4 Å². The molecule has 1 amide bonds. The molecule has 2 heterocycles. The summed E-state index contributed by atoms with van der Waals surface area (Å²) in [5.41, 5.74) is 0.839. The number of amides is 1. The maximum atomic E-state index is 12.9. The standard InChI is InChI=1S/C22H19N3O5S/c1-27-12-15-9-17-18(29-14-3-5-16(31)6-4-14)7-13(8-19(17)30-15)22(26)25-20-10-24-21(28-2)11-23-20/h3-11,31H,12H2,1-2H3,(H,23,25,26). The molecule has 0 saturated carbocycles. The van der Waals surface area contributed by atoms with E-state index >= 15 is 0 Å². The van der Waals surface area contributed by atoms with Crippen molar-refractivity contribution in [3.8, 4) is 17.4 Å². The molecule has 0 aliphatic heterocycles. The number of rotatable bonds is 7. The van der Waals surface area contributed by atoms with Crippen molar-refractivity contribution in [2.75, 3.05) is 19.5 Å². The number of anilines is 1. The fourth-order valence-corrected chi connectivity index (χ4v) is 3.05. The van der Waals surface area contributed by atoms with Crippen LogP contribution in [0.3, 0.4) is 0 Å². The molecule has 9 heteroatoms. The summed E-state index contributed by atoms with van der Waals surface area (Å²) in [5, 5.41) is 3.43. The van der Waals surface area contributed by atoms with Crippen LogP contribution in [0.25, 0.3) is 11.0 Å². The molecule has 1 N–H and O–H groups in total. The number of hydrogen-bond acceptors (Lipinski definition) is 8. The number of fused-ring (bicyclic) bond motifs is 1. The first-order chi connectivity index (χ1) is 15.1. The van der Waals surface area contributed by atoms with Crippen molar-refractivity contribution in [3.63, 3.8) is 0 Å². The SMILES string of the molecule is COCc1cc2c(Oc3ccc(S)cc3)cc(C(=O)Nc3cnc(OC)cn3)cc2o1. The van der Waals surface area contributed by atoms with E-state index in [-0.39, 0.29) is 11.7 Å².